The predicted molar refractivity (Wildman–Crippen MR) is 82.0 cm³/mol. The number of para-hydroxylation sites is 2. The van der Waals surface area contributed by atoms with E-state index < -0.39 is 0 Å². The Morgan fingerprint density at radius 2 is 2.00 bits per heavy atom. The molecule has 0 amide bonds. The zero-order valence-corrected chi connectivity index (χ0v) is 11.8. The molecule has 102 valence electrons. The topological polar surface area (TPSA) is 42.7 Å². The lowest BCUT2D eigenvalue weighted by molar-refractivity contribution is 0.782. The number of hydrogen-bond donors (Lipinski definition) is 1. The predicted octanol–water partition coefficient (Wildman–Crippen LogP) is 3.22. The highest BCUT2D eigenvalue weighted by atomic mass is 15.1. The van der Waals surface area contributed by atoms with E-state index in [4.69, 9.17) is 0 Å². The molecule has 4 heteroatoms. The number of imidazole rings is 1. The molecule has 0 spiro atoms. The van der Waals surface area contributed by atoms with Gasteiger partial charge in [0.15, 0.2) is 0 Å². The van der Waals surface area contributed by atoms with Crippen molar-refractivity contribution in [3.63, 3.8) is 0 Å². The molecule has 3 aromatic rings. The number of benzene rings is 1. The number of nitrogens with zero attached hydrogens (tertiary/aromatic N) is 3. The van der Waals surface area contributed by atoms with Crippen LogP contribution in [-0.2, 0) is 6.54 Å². The molecule has 0 saturated carbocycles. The van der Waals surface area contributed by atoms with Gasteiger partial charge in [0.05, 0.1) is 17.6 Å². The SMILES string of the molecule is CCNc1ccc(Cn2c(C)nc3ccccc32)cn1. The number of anilines is 1. The van der Waals surface area contributed by atoms with Gasteiger partial charge >= 0.3 is 0 Å². The number of aromatic nitrogens is 3. The molecular weight excluding hydrogens is 248 g/mol. The first-order valence-electron chi connectivity index (χ1n) is 6.88. The molecule has 20 heavy (non-hydrogen) atoms. The Balaban J connectivity index is 1.91. The fourth-order valence-corrected chi connectivity index (χ4v) is 2.38. The van der Waals surface area contributed by atoms with Crippen LogP contribution in [0.4, 0.5) is 5.82 Å². The molecular formula is C16H18N4. The summed E-state index contributed by atoms with van der Waals surface area (Å²) in [5.41, 5.74) is 3.39. The van der Waals surface area contributed by atoms with Crippen LogP contribution in [0, 0.1) is 6.92 Å². The average Bonchev–Trinajstić information content (AvgIpc) is 2.78. The molecule has 0 saturated heterocycles. The summed E-state index contributed by atoms with van der Waals surface area (Å²) >= 11 is 0. The Morgan fingerprint density at radius 1 is 1.15 bits per heavy atom. The lowest BCUT2D eigenvalue weighted by Gasteiger charge is -2.08. The first-order valence-corrected chi connectivity index (χ1v) is 6.88. The lowest BCUT2D eigenvalue weighted by atomic mass is 10.2. The summed E-state index contributed by atoms with van der Waals surface area (Å²) in [4.78, 5) is 9.00. The van der Waals surface area contributed by atoms with Gasteiger partial charge in [-0.15, -0.1) is 0 Å². The molecule has 0 unspecified atom stereocenters. The largest absolute Gasteiger partial charge is 0.370 e. The van der Waals surface area contributed by atoms with E-state index in [2.05, 4.69) is 38.9 Å². The van der Waals surface area contributed by atoms with Crippen LogP contribution >= 0.6 is 0 Å². The quantitative estimate of drug-likeness (QED) is 0.788. The van der Waals surface area contributed by atoms with Gasteiger partial charge in [0.25, 0.3) is 0 Å². The van der Waals surface area contributed by atoms with Crippen molar-refractivity contribution in [3.05, 3.63) is 54.0 Å². The fraction of sp³-hybridized carbons (Fsp3) is 0.250. The second-order valence-electron chi connectivity index (χ2n) is 4.82. The minimum Gasteiger partial charge on any atom is -0.370 e. The van der Waals surface area contributed by atoms with E-state index in [1.807, 2.05) is 37.4 Å². The van der Waals surface area contributed by atoms with E-state index in [9.17, 15) is 0 Å². The van der Waals surface area contributed by atoms with Gasteiger partial charge in [0, 0.05) is 12.7 Å². The maximum atomic E-state index is 4.59. The Bertz CT molecular complexity index is 713. The Kier molecular flexibility index (Phi) is 3.37. The van der Waals surface area contributed by atoms with Crippen LogP contribution in [0.15, 0.2) is 42.6 Å². The second-order valence-corrected chi connectivity index (χ2v) is 4.82. The average molecular weight is 266 g/mol. The van der Waals surface area contributed by atoms with Crippen molar-refractivity contribution in [3.8, 4) is 0 Å². The molecule has 0 aliphatic carbocycles. The fourth-order valence-electron chi connectivity index (χ4n) is 2.38. The van der Waals surface area contributed by atoms with E-state index in [0.717, 1.165) is 30.2 Å². The van der Waals surface area contributed by atoms with Gasteiger partial charge in [-0.3, -0.25) is 0 Å². The third-order valence-corrected chi connectivity index (χ3v) is 3.37. The minimum absolute atomic E-state index is 0.797. The molecule has 0 bridgehead atoms. The first kappa shape index (κ1) is 12.7. The third kappa shape index (κ3) is 2.37. The molecule has 1 N–H and O–H groups in total. The Labute approximate surface area is 118 Å². The normalized spacial score (nSPS) is 10.9. The number of hydrogen-bond acceptors (Lipinski definition) is 3. The molecule has 1 aromatic carbocycles. The standard InChI is InChI=1S/C16H18N4/c1-3-17-16-9-8-13(10-18-16)11-20-12(2)19-14-6-4-5-7-15(14)20/h4-10H,3,11H2,1-2H3,(H,17,18). The third-order valence-electron chi connectivity index (χ3n) is 3.37. The van der Waals surface area contributed by atoms with E-state index in [1.165, 1.54) is 11.1 Å². The zero-order valence-electron chi connectivity index (χ0n) is 11.8. The molecule has 3 rings (SSSR count). The van der Waals surface area contributed by atoms with Gasteiger partial charge in [0.1, 0.15) is 11.6 Å². The van der Waals surface area contributed by atoms with E-state index in [-0.39, 0.29) is 0 Å². The van der Waals surface area contributed by atoms with Gasteiger partial charge in [-0.25, -0.2) is 9.97 Å². The van der Waals surface area contributed by atoms with E-state index in [1.54, 1.807) is 0 Å². The summed E-state index contributed by atoms with van der Waals surface area (Å²) in [5.74, 6) is 1.95. The van der Waals surface area contributed by atoms with Crippen LogP contribution in [-0.4, -0.2) is 21.1 Å². The van der Waals surface area contributed by atoms with Crippen LogP contribution in [0.25, 0.3) is 11.0 Å². The van der Waals surface area contributed by atoms with Crippen molar-refractivity contribution in [1.82, 2.24) is 14.5 Å². The number of rotatable bonds is 4. The highest BCUT2D eigenvalue weighted by Crippen LogP contribution is 2.17. The summed E-state index contributed by atoms with van der Waals surface area (Å²) < 4.78 is 2.22. The van der Waals surface area contributed by atoms with Crippen LogP contribution in [0.1, 0.15) is 18.3 Å². The van der Waals surface area contributed by atoms with Crippen molar-refractivity contribution in [1.29, 1.82) is 0 Å². The Hall–Kier alpha value is -2.36. The summed E-state index contributed by atoms with van der Waals surface area (Å²) in [6.45, 7) is 5.79. The van der Waals surface area contributed by atoms with Crippen molar-refractivity contribution in [2.45, 2.75) is 20.4 Å². The zero-order chi connectivity index (χ0) is 13.9. The number of nitrogens with one attached hydrogen (secondary N) is 1. The number of aryl methyl sites for hydroxylation is 1. The number of fused-ring (bicyclic) bond motifs is 1. The van der Waals surface area contributed by atoms with Crippen molar-refractivity contribution in [2.24, 2.45) is 0 Å². The van der Waals surface area contributed by atoms with Crippen LogP contribution < -0.4 is 5.32 Å². The summed E-state index contributed by atoms with van der Waals surface area (Å²) in [7, 11) is 0. The molecule has 0 aliphatic rings. The van der Waals surface area contributed by atoms with Gasteiger partial charge in [0.2, 0.25) is 0 Å². The molecule has 0 aliphatic heterocycles. The molecule has 2 aromatic heterocycles. The van der Waals surface area contributed by atoms with Crippen LogP contribution in [0.2, 0.25) is 0 Å². The van der Waals surface area contributed by atoms with Crippen LogP contribution in [0.3, 0.4) is 0 Å². The summed E-state index contributed by atoms with van der Waals surface area (Å²) in [6.07, 6.45) is 1.92. The first-order chi connectivity index (χ1) is 9.78. The van der Waals surface area contributed by atoms with Gasteiger partial charge < -0.3 is 9.88 Å². The number of pyridine rings is 1. The van der Waals surface area contributed by atoms with Crippen molar-refractivity contribution >= 4 is 16.9 Å². The highest BCUT2D eigenvalue weighted by molar-refractivity contribution is 5.75. The maximum Gasteiger partial charge on any atom is 0.125 e. The molecule has 0 atom stereocenters. The van der Waals surface area contributed by atoms with Gasteiger partial charge in [-0.2, -0.15) is 0 Å². The highest BCUT2D eigenvalue weighted by Gasteiger charge is 2.07. The van der Waals surface area contributed by atoms with E-state index in [0.29, 0.717) is 0 Å². The maximum absolute atomic E-state index is 4.59. The lowest BCUT2D eigenvalue weighted by Crippen LogP contribution is -2.04. The van der Waals surface area contributed by atoms with Crippen molar-refractivity contribution in [2.75, 3.05) is 11.9 Å². The second kappa shape index (κ2) is 5.33. The molecule has 0 fully saturated rings. The summed E-state index contributed by atoms with van der Waals surface area (Å²) in [6, 6.07) is 12.4. The van der Waals surface area contributed by atoms with Crippen LogP contribution in [0.5, 0.6) is 0 Å². The smallest absolute Gasteiger partial charge is 0.125 e. The van der Waals surface area contributed by atoms with Gasteiger partial charge in [-0.05, 0) is 37.6 Å². The summed E-state index contributed by atoms with van der Waals surface area (Å²) in [5, 5.41) is 3.20. The van der Waals surface area contributed by atoms with Crippen molar-refractivity contribution < 1.29 is 0 Å². The molecule has 2 heterocycles. The molecule has 4 nitrogen and oxygen atoms in total. The van der Waals surface area contributed by atoms with E-state index >= 15 is 0 Å². The molecule has 0 radical (unpaired) electrons. The monoisotopic (exact) mass is 266 g/mol. The minimum atomic E-state index is 0.797. The van der Waals surface area contributed by atoms with Gasteiger partial charge in [-0.1, -0.05) is 18.2 Å². The Morgan fingerprint density at radius 3 is 2.75 bits per heavy atom.